The maximum absolute atomic E-state index is 13.2. The van der Waals surface area contributed by atoms with Crippen molar-refractivity contribution in [3.8, 4) is 0 Å². The summed E-state index contributed by atoms with van der Waals surface area (Å²) in [4.78, 5) is 0.320. The maximum atomic E-state index is 13.2. The molecule has 130 valence electrons. The molecule has 7 heteroatoms. The third-order valence-electron chi connectivity index (χ3n) is 4.23. The highest BCUT2D eigenvalue weighted by Gasteiger charge is 2.39. The van der Waals surface area contributed by atoms with Crippen molar-refractivity contribution in [1.29, 1.82) is 0 Å². The minimum Gasteiger partial charge on any atom is -0.229 e. The minimum absolute atomic E-state index is 0.0687. The van der Waals surface area contributed by atoms with E-state index in [4.69, 9.17) is 0 Å². The highest BCUT2D eigenvalue weighted by atomic mass is 32.2. The molecule has 1 fully saturated rings. The van der Waals surface area contributed by atoms with Crippen molar-refractivity contribution in [1.82, 2.24) is 4.31 Å². The number of hydrogen-bond acceptors (Lipinski definition) is 4. The highest BCUT2D eigenvalue weighted by molar-refractivity contribution is 7.92. The Balaban J connectivity index is 2.50. The average molecular weight is 360 g/mol. The summed E-state index contributed by atoms with van der Waals surface area (Å²) in [5, 5.41) is 0. The van der Waals surface area contributed by atoms with E-state index < -0.39 is 25.9 Å². The lowest BCUT2D eigenvalue weighted by Crippen LogP contribution is -2.42. The van der Waals surface area contributed by atoms with Crippen LogP contribution in [0, 0.1) is 20.8 Å². The third kappa shape index (κ3) is 3.78. The number of benzene rings is 1. The summed E-state index contributed by atoms with van der Waals surface area (Å²) in [6.07, 6.45) is 1.03. The van der Waals surface area contributed by atoms with E-state index in [0.29, 0.717) is 35.4 Å². The molecule has 1 saturated heterocycles. The average Bonchev–Trinajstić information content (AvgIpc) is 2.74. The molecular weight excluding hydrogens is 334 g/mol. The zero-order valence-corrected chi connectivity index (χ0v) is 15.8. The van der Waals surface area contributed by atoms with Crippen LogP contribution in [0.15, 0.2) is 17.0 Å². The topological polar surface area (TPSA) is 71.5 Å². The Kier molecular flexibility index (Phi) is 5.23. The largest absolute Gasteiger partial charge is 0.243 e. The quantitative estimate of drug-likeness (QED) is 0.808. The van der Waals surface area contributed by atoms with Crippen LogP contribution in [0.1, 0.15) is 36.5 Å². The summed E-state index contributed by atoms with van der Waals surface area (Å²) in [5.41, 5.74) is 2.44. The number of sulfonamides is 1. The Bertz CT molecular complexity index is 774. The monoisotopic (exact) mass is 359 g/mol. The molecule has 1 aliphatic heterocycles. The van der Waals surface area contributed by atoms with Crippen molar-refractivity contribution in [2.45, 2.75) is 51.5 Å². The zero-order valence-electron chi connectivity index (χ0n) is 14.2. The lowest BCUT2D eigenvalue weighted by molar-refractivity contribution is 0.340. The van der Waals surface area contributed by atoms with E-state index >= 15 is 0 Å². The Morgan fingerprint density at radius 3 is 2.17 bits per heavy atom. The fraction of sp³-hybridized carbons (Fsp3) is 0.625. The first-order valence-electron chi connectivity index (χ1n) is 7.88. The van der Waals surface area contributed by atoms with E-state index in [2.05, 4.69) is 0 Å². The maximum Gasteiger partial charge on any atom is 0.243 e. The van der Waals surface area contributed by atoms with E-state index in [1.165, 1.54) is 4.31 Å². The Hall–Kier alpha value is -0.920. The highest BCUT2D eigenvalue weighted by Crippen LogP contribution is 2.29. The molecular formula is C16H25NO4S2. The van der Waals surface area contributed by atoms with Gasteiger partial charge in [0.15, 0.2) is 9.84 Å². The second-order valence-corrected chi connectivity index (χ2v) is 10.5. The van der Waals surface area contributed by atoms with Gasteiger partial charge in [-0.05, 0) is 44.7 Å². The smallest absolute Gasteiger partial charge is 0.229 e. The minimum atomic E-state index is -3.71. The molecule has 1 aromatic rings. The summed E-state index contributed by atoms with van der Waals surface area (Å²) >= 11 is 0. The fourth-order valence-corrected chi connectivity index (χ4v) is 7.40. The molecule has 5 nitrogen and oxygen atoms in total. The van der Waals surface area contributed by atoms with Gasteiger partial charge in [-0.2, -0.15) is 4.31 Å². The van der Waals surface area contributed by atoms with E-state index in [1.807, 2.05) is 26.0 Å². The van der Waals surface area contributed by atoms with Gasteiger partial charge in [-0.25, -0.2) is 16.8 Å². The second kappa shape index (κ2) is 6.53. The molecule has 0 aliphatic carbocycles. The number of nitrogens with zero attached hydrogens (tertiary/aromatic N) is 1. The fourth-order valence-electron chi connectivity index (χ4n) is 3.41. The standard InChI is InChI=1S/C16H25NO4S2/c1-5-7-17(15-6-8-22(18,19)11-15)23(20,21)16-13(3)9-12(2)10-14(16)4/h9-10,15H,5-8,11H2,1-4H3/t15-/m1/s1. The molecule has 23 heavy (non-hydrogen) atoms. The SMILES string of the molecule is CCCN([C@@H]1CCS(=O)(=O)C1)S(=O)(=O)c1c(C)cc(C)cc1C. The van der Waals surface area contributed by atoms with Crippen LogP contribution in [0.4, 0.5) is 0 Å². The van der Waals surface area contributed by atoms with Gasteiger partial charge in [0.2, 0.25) is 10.0 Å². The van der Waals surface area contributed by atoms with Crippen LogP contribution in [0.2, 0.25) is 0 Å². The summed E-state index contributed by atoms with van der Waals surface area (Å²) in [7, 11) is -6.84. The normalized spacial score (nSPS) is 21.0. The number of aryl methyl sites for hydroxylation is 3. The number of sulfone groups is 1. The van der Waals surface area contributed by atoms with Gasteiger partial charge >= 0.3 is 0 Å². The van der Waals surface area contributed by atoms with E-state index in [-0.39, 0.29) is 11.5 Å². The van der Waals surface area contributed by atoms with Crippen molar-refractivity contribution < 1.29 is 16.8 Å². The molecule has 0 bridgehead atoms. The number of rotatable bonds is 5. The predicted octanol–water partition coefficient (Wildman–Crippen LogP) is 2.20. The molecule has 1 heterocycles. The molecule has 0 saturated carbocycles. The summed E-state index contributed by atoms with van der Waals surface area (Å²) in [5.74, 6) is -0.00451. The molecule has 1 aromatic carbocycles. The second-order valence-electron chi connectivity index (χ2n) is 6.40. The van der Waals surface area contributed by atoms with Crippen LogP contribution in [0.3, 0.4) is 0 Å². The van der Waals surface area contributed by atoms with Crippen molar-refractivity contribution in [2.24, 2.45) is 0 Å². The molecule has 0 radical (unpaired) electrons. The van der Waals surface area contributed by atoms with Crippen LogP contribution in [0.25, 0.3) is 0 Å². The first kappa shape index (κ1) is 18.4. The Labute approximate surface area is 139 Å². The molecule has 0 amide bonds. The Morgan fingerprint density at radius 2 is 1.74 bits per heavy atom. The van der Waals surface area contributed by atoms with Crippen LogP contribution in [-0.2, 0) is 19.9 Å². The van der Waals surface area contributed by atoms with Gasteiger partial charge in [0.05, 0.1) is 16.4 Å². The Morgan fingerprint density at radius 1 is 1.17 bits per heavy atom. The van der Waals surface area contributed by atoms with E-state index in [9.17, 15) is 16.8 Å². The van der Waals surface area contributed by atoms with Gasteiger partial charge in [0.25, 0.3) is 0 Å². The molecule has 0 spiro atoms. The first-order valence-corrected chi connectivity index (χ1v) is 11.1. The molecule has 0 unspecified atom stereocenters. The third-order valence-corrected chi connectivity index (χ3v) is 8.24. The predicted molar refractivity (Wildman–Crippen MR) is 91.9 cm³/mol. The van der Waals surface area contributed by atoms with Gasteiger partial charge in [-0.1, -0.05) is 24.6 Å². The lowest BCUT2D eigenvalue weighted by Gasteiger charge is -2.28. The van der Waals surface area contributed by atoms with Gasteiger partial charge in [-0.15, -0.1) is 0 Å². The van der Waals surface area contributed by atoms with Crippen molar-refractivity contribution in [3.05, 3.63) is 28.8 Å². The van der Waals surface area contributed by atoms with Gasteiger partial charge in [0.1, 0.15) is 0 Å². The van der Waals surface area contributed by atoms with Crippen LogP contribution >= 0.6 is 0 Å². The van der Waals surface area contributed by atoms with Crippen molar-refractivity contribution in [3.63, 3.8) is 0 Å². The summed E-state index contributed by atoms with van der Waals surface area (Å²) in [6, 6.07) is 3.26. The molecule has 1 atom stereocenters. The van der Waals surface area contributed by atoms with E-state index in [0.717, 1.165) is 5.56 Å². The summed E-state index contributed by atoms with van der Waals surface area (Å²) in [6.45, 7) is 7.77. The van der Waals surface area contributed by atoms with Crippen molar-refractivity contribution >= 4 is 19.9 Å². The van der Waals surface area contributed by atoms with E-state index in [1.54, 1.807) is 13.8 Å². The summed E-state index contributed by atoms with van der Waals surface area (Å²) < 4.78 is 51.4. The van der Waals surface area contributed by atoms with Crippen molar-refractivity contribution in [2.75, 3.05) is 18.1 Å². The first-order chi connectivity index (χ1) is 10.6. The van der Waals surface area contributed by atoms with Crippen LogP contribution in [-0.4, -0.2) is 45.2 Å². The lowest BCUT2D eigenvalue weighted by atomic mass is 10.1. The van der Waals surface area contributed by atoms with Gasteiger partial charge < -0.3 is 0 Å². The van der Waals surface area contributed by atoms with Crippen LogP contribution < -0.4 is 0 Å². The molecule has 0 N–H and O–H groups in total. The number of hydrogen-bond donors (Lipinski definition) is 0. The van der Waals surface area contributed by atoms with Gasteiger partial charge in [0, 0.05) is 12.6 Å². The molecule has 2 rings (SSSR count). The molecule has 0 aromatic heterocycles. The van der Waals surface area contributed by atoms with Crippen LogP contribution in [0.5, 0.6) is 0 Å². The zero-order chi connectivity index (χ0) is 17.4. The van der Waals surface area contributed by atoms with Gasteiger partial charge in [-0.3, -0.25) is 0 Å². The molecule has 1 aliphatic rings.